The fraction of sp³-hybridized carbons (Fsp3) is 0.909. The first-order chi connectivity index (χ1) is 7.06. The van der Waals surface area contributed by atoms with Gasteiger partial charge in [-0.25, -0.2) is 0 Å². The highest BCUT2D eigenvalue weighted by Gasteiger charge is 2.22. The van der Waals surface area contributed by atoms with Gasteiger partial charge in [-0.15, -0.1) is 0 Å². The van der Waals surface area contributed by atoms with Crippen LogP contribution in [0.2, 0.25) is 0 Å². The maximum atomic E-state index is 10.7. The average Bonchev–Trinajstić information content (AvgIpc) is 2.17. The molecule has 0 aliphatic carbocycles. The molecule has 0 saturated heterocycles. The number of rotatable bonds is 8. The SMILES string of the molecule is CCC(CC(=O)O)N(CC)C(C)COC. The summed E-state index contributed by atoms with van der Waals surface area (Å²) in [5.74, 6) is -0.732. The van der Waals surface area contributed by atoms with Gasteiger partial charge in [-0.1, -0.05) is 13.8 Å². The normalized spacial score (nSPS) is 15.3. The third kappa shape index (κ3) is 5.14. The van der Waals surface area contributed by atoms with E-state index < -0.39 is 5.97 Å². The lowest BCUT2D eigenvalue weighted by Crippen LogP contribution is -2.44. The molecule has 4 nitrogen and oxygen atoms in total. The van der Waals surface area contributed by atoms with Crippen molar-refractivity contribution in [1.29, 1.82) is 0 Å². The lowest BCUT2D eigenvalue weighted by Gasteiger charge is -2.34. The maximum Gasteiger partial charge on any atom is 0.304 e. The molecule has 4 heteroatoms. The lowest BCUT2D eigenvalue weighted by atomic mass is 10.1. The number of methoxy groups -OCH3 is 1. The molecule has 2 unspecified atom stereocenters. The van der Waals surface area contributed by atoms with E-state index in [9.17, 15) is 4.79 Å². The number of carboxylic acid groups (broad SMARTS) is 1. The number of hydrogen-bond acceptors (Lipinski definition) is 3. The molecule has 0 aromatic rings. The summed E-state index contributed by atoms with van der Waals surface area (Å²) >= 11 is 0. The predicted molar refractivity (Wildman–Crippen MR) is 60.0 cm³/mol. The molecule has 0 amide bonds. The second kappa shape index (κ2) is 7.65. The van der Waals surface area contributed by atoms with Crippen molar-refractivity contribution < 1.29 is 14.6 Å². The molecule has 0 aromatic carbocycles. The van der Waals surface area contributed by atoms with Crippen molar-refractivity contribution in [1.82, 2.24) is 4.90 Å². The molecular formula is C11H23NO3. The van der Waals surface area contributed by atoms with E-state index in [1.54, 1.807) is 7.11 Å². The smallest absolute Gasteiger partial charge is 0.304 e. The van der Waals surface area contributed by atoms with Crippen molar-refractivity contribution in [3.8, 4) is 0 Å². The highest BCUT2D eigenvalue weighted by Crippen LogP contribution is 2.12. The minimum atomic E-state index is -0.732. The first-order valence-corrected chi connectivity index (χ1v) is 5.53. The first kappa shape index (κ1) is 14.4. The third-order valence-corrected chi connectivity index (χ3v) is 2.69. The number of ether oxygens (including phenoxy) is 1. The van der Waals surface area contributed by atoms with Crippen molar-refractivity contribution >= 4 is 5.97 Å². The fourth-order valence-corrected chi connectivity index (χ4v) is 1.96. The number of nitrogens with zero attached hydrogens (tertiary/aromatic N) is 1. The molecule has 0 radical (unpaired) electrons. The van der Waals surface area contributed by atoms with Gasteiger partial charge in [-0.2, -0.15) is 0 Å². The fourth-order valence-electron chi connectivity index (χ4n) is 1.96. The molecule has 0 spiro atoms. The summed E-state index contributed by atoms with van der Waals surface area (Å²) in [4.78, 5) is 12.9. The molecule has 0 aliphatic heterocycles. The standard InChI is InChI=1S/C11H23NO3/c1-5-10(7-11(13)14)12(6-2)9(3)8-15-4/h9-10H,5-8H2,1-4H3,(H,13,14). The summed E-state index contributed by atoms with van der Waals surface area (Å²) in [6, 6.07) is 0.377. The number of aliphatic carboxylic acids is 1. The first-order valence-electron chi connectivity index (χ1n) is 5.53. The summed E-state index contributed by atoms with van der Waals surface area (Å²) in [6.45, 7) is 7.64. The van der Waals surface area contributed by atoms with Gasteiger partial charge < -0.3 is 9.84 Å². The van der Waals surface area contributed by atoms with Crippen molar-refractivity contribution in [3.63, 3.8) is 0 Å². The van der Waals surface area contributed by atoms with Crippen LogP contribution >= 0.6 is 0 Å². The molecule has 0 heterocycles. The van der Waals surface area contributed by atoms with Crippen LogP contribution in [0.1, 0.15) is 33.6 Å². The number of carboxylic acids is 1. The van der Waals surface area contributed by atoms with Crippen LogP contribution in [-0.4, -0.2) is 48.3 Å². The zero-order chi connectivity index (χ0) is 11.8. The molecule has 0 aliphatic rings. The Labute approximate surface area is 92.2 Å². The molecule has 0 fully saturated rings. The summed E-state index contributed by atoms with van der Waals surface area (Å²) in [6.07, 6.45) is 1.06. The molecule has 1 N–H and O–H groups in total. The van der Waals surface area contributed by atoms with Crippen molar-refractivity contribution in [2.45, 2.75) is 45.7 Å². The Balaban J connectivity index is 4.37. The van der Waals surface area contributed by atoms with Crippen LogP contribution in [-0.2, 0) is 9.53 Å². The second-order valence-corrected chi connectivity index (χ2v) is 3.79. The molecule has 15 heavy (non-hydrogen) atoms. The van der Waals surface area contributed by atoms with Gasteiger partial charge in [0, 0.05) is 19.2 Å². The Morgan fingerprint density at radius 1 is 1.47 bits per heavy atom. The van der Waals surface area contributed by atoms with Crippen LogP contribution in [0.5, 0.6) is 0 Å². The summed E-state index contributed by atoms with van der Waals surface area (Å²) < 4.78 is 5.10. The molecule has 2 atom stereocenters. The van der Waals surface area contributed by atoms with Gasteiger partial charge >= 0.3 is 5.97 Å². The highest BCUT2D eigenvalue weighted by molar-refractivity contribution is 5.67. The Hall–Kier alpha value is -0.610. The van der Waals surface area contributed by atoms with Crippen LogP contribution < -0.4 is 0 Å². The minimum Gasteiger partial charge on any atom is -0.481 e. The zero-order valence-electron chi connectivity index (χ0n) is 10.2. The van der Waals surface area contributed by atoms with E-state index in [4.69, 9.17) is 9.84 Å². The van der Waals surface area contributed by atoms with Crippen LogP contribution in [0.4, 0.5) is 0 Å². The lowest BCUT2D eigenvalue weighted by molar-refractivity contribution is -0.138. The Bertz CT molecular complexity index is 185. The molecule has 0 rings (SSSR count). The van der Waals surface area contributed by atoms with Crippen LogP contribution in [0.15, 0.2) is 0 Å². The highest BCUT2D eigenvalue weighted by atomic mass is 16.5. The minimum absolute atomic E-state index is 0.109. The monoisotopic (exact) mass is 217 g/mol. The van der Waals surface area contributed by atoms with E-state index in [0.717, 1.165) is 13.0 Å². The van der Waals surface area contributed by atoms with Crippen LogP contribution in [0, 0.1) is 0 Å². The van der Waals surface area contributed by atoms with E-state index in [2.05, 4.69) is 18.7 Å². The summed E-state index contributed by atoms with van der Waals surface area (Å²) in [5.41, 5.74) is 0. The van der Waals surface area contributed by atoms with E-state index in [1.807, 2.05) is 6.92 Å². The molecule has 0 saturated carbocycles. The van der Waals surface area contributed by atoms with E-state index in [0.29, 0.717) is 6.61 Å². The van der Waals surface area contributed by atoms with Crippen molar-refractivity contribution in [3.05, 3.63) is 0 Å². The average molecular weight is 217 g/mol. The van der Waals surface area contributed by atoms with Gasteiger partial charge in [-0.3, -0.25) is 9.69 Å². The predicted octanol–water partition coefficient (Wildman–Crippen LogP) is 1.60. The van der Waals surface area contributed by atoms with Gasteiger partial charge in [0.05, 0.1) is 13.0 Å². The quantitative estimate of drug-likeness (QED) is 0.671. The number of carbonyl (C=O) groups is 1. The molecule has 0 bridgehead atoms. The second-order valence-electron chi connectivity index (χ2n) is 3.79. The van der Waals surface area contributed by atoms with Crippen molar-refractivity contribution in [2.24, 2.45) is 0 Å². The van der Waals surface area contributed by atoms with Gasteiger partial charge in [0.2, 0.25) is 0 Å². The Kier molecular flexibility index (Phi) is 7.34. The third-order valence-electron chi connectivity index (χ3n) is 2.69. The van der Waals surface area contributed by atoms with E-state index >= 15 is 0 Å². The molecular weight excluding hydrogens is 194 g/mol. The van der Waals surface area contributed by atoms with E-state index in [-0.39, 0.29) is 18.5 Å². The maximum absolute atomic E-state index is 10.7. The van der Waals surface area contributed by atoms with Gasteiger partial charge in [-0.05, 0) is 19.9 Å². The molecule has 0 aromatic heterocycles. The van der Waals surface area contributed by atoms with Gasteiger partial charge in [0.25, 0.3) is 0 Å². The van der Waals surface area contributed by atoms with Crippen molar-refractivity contribution in [2.75, 3.05) is 20.3 Å². The topological polar surface area (TPSA) is 49.8 Å². The van der Waals surface area contributed by atoms with E-state index in [1.165, 1.54) is 0 Å². The number of hydrogen-bond donors (Lipinski definition) is 1. The zero-order valence-corrected chi connectivity index (χ0v) is 10.2. The summed E-state index contributed by atoms with van der Waals surface area (Å²) in [7, 11) is 1.67. The van der Waals surface area contributed by atoms with Gasteiger partial charge in [0.15, 0.2) is 0 Å². The Morgan fingerprint density at radius 2 is 2.07 bits per heavy atom. The van der Waals surface area contributed by atoms with Crippen LogP contribution in [0.3, 0.4) is 0 Å². The largest absolute Gasteiger partial charge is 0.481 e. The molecule has 90 valence electrons. The number of likely N-dealkylation sites (N-methyl/N-ethyl adjacent to an activating group) is 1. The van der Waals surface area contributed by atoms with Crippen LogP contribution in [0.25, 0.3) is 0 Å². The summed E-state index contributed by atoms with van der Waals surface area (Å²) in [5, 5.41) is 8.81. The Morgan fingerprint density at radius 3 is 2.40 bits per heavy atom. The van der Waals surface area contributed by atoms with Gasteiger partial charge in [0.1, 0.15) is 0 Å².